The van der Waals surface area contributed by atoms with Gasteiger partial charge in [0.1, 0.15) is 23.8 Å². The van der Waals surface area contributed by atoms with Crippen LogP contribution in [0.5, 0.6) is 0 Å². The lowest BCUT2D eigenvalue weighted by atomic mass is 9.78. The molecule has 1 aliphatic heterocycles. The molecule has 2 atom stereocenters. The summed E-state index contributed by atoms with van der Waals surface area (Å²) in [6.07, 6.45) is 0.234. The van der Waals surface area contributed by atoms with Gasteiger partial charge in [0.05, 0.1) is 0 Å². The van der Waals surface area contributed by atoms with Crippen LogP contribution in [0, 0.1) is 0 Å². The molecule has 0 radical (unpaired) electrons. The quantitative estimate of drug-likeness (QED) is 0.645. The standard InChI is InChI=1S/C26H32N2O5/c1-19(22(29)33-25(2,3)4)27-23(30)26(17-20-11-7-5-8-12-20)15-16-28(26)24(31)32-18-21-13-9-6-10-14-21/h5-14,19H,15-18H2,1-4H3,(H,27,30)/t19-,26?/m1/s1. The van der Waals surface area contributed by atoms with Crippen molar-refractivity contribution in [2.45, 2.75) is 64.3 Å². The van der Waals surface area contributed by atoms with Gasteiger partial charge in [0.15, 0.2) is 0 Å². The average Bonchev–Trinajstić information content (AvgIpc) is 2.75. The molecule has 0 saturated carbocycles. The molecule has 33 heavy (non-hydrogen) atoms. The summed E-state index contributed by atoms with van der Waals surface area (Å²) in [5.41, 5.74) is -0.0198. The van der Waals surface area contributed by atoms with Crippen molar-refractivity contribution >= 4 is 18.0 Å². The first-order chi connectivity index (χ1) is 15.6. The van der Waals surface area contributed by atoms with Crippen LogP contribution in [0.25, 0.3) is 0 Å². The maximum atomic E-state index is 13.5. The van der Waals surface area contributed by atoms with Gasteiger partial charge in [0.25, 0.3) is 0 Å². The molecule has 0 spiro atoms. The van der Waals surface area contributed by atoms with Gasteiger partial charge >= 0.3 is 12.1 Å². The Bertz CT molecular complexity index is 971. The van der Waals surface area contributed by atoms with Gasteiger partial charge in [-0.05, 0) is 45.2 Å². The Kier molecular flexibility index (Phi) is 7.41. The molecule has 0 aliphatic carbocycles. The highest BCUT2D eigenvalue weighted by Gasteiger charge is 2.54. The van der Waals surface area contributed by atoms with E-state index < -0.39 is 35.2 Å². The molecule has 1 saturated heterocycles. The van der Waals surface area contributed by atoms with Crippen LogP contribution in [0.2, 0.25) is 0 Å². The van der Waals surface area contributed by atoms with Crippen molar-refractivity contribution in [3.8, 4) is 0 Å². The predicted octanol–water partition coefficient (Wildman–Crippen LogP) is 3.86. The minimum absolute atomic E-state index is 0.119. The lowest BCUT2D eigenvalue weighted by Gasteiger charge is -2.50. The first-order valence-electron chi connectivity index (χ1n) is 11.2. The number of ether oxygens (including phenoxy) is 2. The summed E-state index contributed by atoms with van der Waals surface area (Å²) in [6.45, 7) is 7.41. The summed E-state index contributed by atoms with van der Waals surface area (Å²) < 4.78 is 10.9. The second kappa shape index (κ2) is 10.1. The van der Waals surface area contributed by atoms with Crippen molar-refractivity contribution in [3.63, 3.8) is 0 Å². The Morgan fingerprint density at radius 1 is 1.00 bits per heavy atom. The van der Waals surface area contributed by atoms with E-state index in [0.29, 0.717) is 19.4 Å². The number of likely N-dealkylation sites (tertiary alicyclic amines) is 1. The molecule has 3 rings (SSSR count). The molecule has 0 bridgehead atoms. The van der Waals surface area contributed by atoms with Gasteiger partial charge in [0.2, 0.25) is 5.91 Å². The van der Waals surface area contributed by atoms with Gasteiger partial charge < -0.3 is 14.8 Å². The lowest BCUT2D eigenvalue weighted by molar-refractivity contribution is -0.159. The number of amides is 2. The highest BCUT2D eigenvalue weighted by atomic mass is 16.6. The Morgan fingerprint density at radius 3 is 2.09 bits per heavy atom. The Labute approximate surface area is 195 Å². The molecule has 1 unspecified atom stereocenters. The number of nitrogens with one attached hydrogen (secondary N) is 1. The highest BCUT2D eigenvalue weighted by Crippen LogP contribution is 2.35. The van der Waals surface area contributed by atoms with Gasteiger partial charge in [-0.25, -0.2) is 9.59 Å². The predicted molar refractivity (Wildman–Crippen MR) is 124 cm³/mol. The number of carbonyl (C=O) groups is 3. The number of carbonyl (C=O) groups excluding carboxylic acids is 3. The normalized spacial score (nSPS) is 18.6. The second-order valence-corrected chi connectivity index (χ2v) is 9.36. The first-order valence-corrected chi connectivity index (χ1v) is 11.2. The van der Waals surface area contributed by atoms with Crippen molar-refractivity contribution in [2.75, 3.05) is 6.54 Å². The van der Waals surface area contributed by atoms with Crippen LogP contribution in [-0.4, -0.2) is 46.6 Å². The fourth-order valence-electron chi connectivity index (χ4n) is 3.77. The summed E-state index contributed by atoms with van der Waals surface area (Å²) in [5, 5.41) is 2.76. The van der Waals surface area contributed by atoms with Crippen LogP contribution >= 0.6 is 0 Å². The summed E-state index contributed by atoms with van der Waals surface area (Å²) in [4.78, 5) is 40.3. The van der Waals surface area contributed by atoms with Crippen LogP contribution < -0.4 is 5.32 Å². The minimum atomic E-state index is -1.13. The molecule has 1 fully saturated rings. The molecule has 1 aliphatic rings. The Balaban J connectivity index is 1.76. The number of esters is 1. The molecule has 0 aromatic heterocycles. The van der Waals surface area contributed by atoms with E-state index in [4.69, 9.17) is 9.47 Å². The van der Waals surface area contributed by atoms with E-state index in [2.05, 4.69) is 5.32 Å². The maximum absolute atomic E-state index is 13.5. The molecule has 2 amide bonds. The van der Waals surface area contributed by atoms with Crippen LogP contribution in [0.15, 0.2) is 60.7 Å². The van der Waals surface area contributed by atoms with Crippen molar-refractivity contribution < 1.29 is 23.9 Å². The van der Waals surface area contributed by atoms with E-state index in [1.54, 1.807) is 27.7 Å². The molecular weight excluding hydrogens is 420 g/mol. The average molecular weight is 453 g/mol. The van der Waals surface area contributed by atoms with Crippen LogP contribution in [0.4, 0.5) is 4.79 Å². The number of nitrogens with zero attached hydrogens (tertiary/aromatic N) is 1. The first kappa shape index (κ1) is 24.3. The van der Waals surface area contributed by atoms with Crippen molar-refractivity contribution in [2.24, 2.45) is 0 Å². The van der Waals surface area contributed by atoms with Gasteiger partial charge in [-0.3, -0.25) is 9.69 Å². The molecule has 7 heteroatoms. The van der Waals surface area contributed by atoms with Gasteiger partial charge in [-0.1, -0.05) is 60.7 Å². The molecular formula is C26H32N2O5. The van der Waals surface area contributed by atoms with E-state index >= 15 is 0 Å². The summed E-state index contributed by atoms with van der Waals surface area (Å²) >= 11 is 0. The monoisotopic (exact) mass is 452 g/mol. The van der Waals surface area contributed by atoms with Crippen molar-refractivity contribution in [1.82, 2.24) is 10.2 Å². The number of hydrogen-bond acceptors (Lipinski definition) is 5. The largest absolute Gasteiger partial charge is 0.458 e. The van der Waals surface area contributed by atoms with Gasteiger partial charge in [-0.15, -0.1) is 0 Å². The maximum Gasteiger partial charge on any atom is 0.411 e. The third kappa shape index (κ3) is 6.12. The third-order valence-electron chi connectivity index (χ3n) is 5.56. The van der Waals surface area contributed by atoms with Crippen molar-refractivity contribution in [3.05, 3.63) is 71.8 Å². The van der Waals surface area contributed by atoms with E-state index in [1.807, 2.05) is 60.7 Å². The van der Waals surface area contributed by atoms with Crippen LogP contribution in [0.3, 0.4) is 0 Å². The molecule has 2 aromatic rings. The molecule has 1 heterocycles. The second-order valence-electron chi connectivity index (χ2n) is 9.36. The summed E-state index contributed by atoms with van der Waals surface area (Å²) in [7, 11) is 0. The molecule has 2 aromatic carbocycles. The van der Waals surface area contributed by atoms with Crippen LogP contribution in [-0.2, 0) is 32.1 Å². The fraction of sp³-hybridized carbons (Fsp3) is 0.423. The highest BCUT2D eigenvalue weighted by molar-refractivity contribution is 5.94. The Morgan fingerprint density at radius 2 is 1.58 bits per heavy atom. The molecule has 1 N–H and O–H groups in total. The van der Waals surface area contributed by atoms with Crippen molar-refractivity contribution in [1.29, 1.82) is 0 Å². The van der Waals surface area contributed by atoms with E-state index in [-0.39, 0.29) is 6.61 Å². The molecule has 7 nitrogen and oxygen atoms in total. The zero-order valence-electron chi connectivity index (χ0n) is 19.7. The molecule has 176 valence electrons. The lowest BCUT2D eigenvalue weighted by Crippen LogP contribution is -2.71. The smallest absolute Gasteiger partial charge is 0.411 e. The zero-order chi connectivity index (χ0) is 24.1. The minimum Gasteiger partial charge on any atom is -0.458 e. The SMILES string of the molecule is C[C@@H](NC(=O)C1(Cc2ccccc2)CCN1C(=O)OCc1ccccc1)C(=O)OC(C)(C)C. The topological polar surface area (TPSA) is 84.9 Å². The number of rotatable bonds is 7. The van der Waals surface area contributed by atoms with E-state index in [1.165, 1.54) is 4.90 Å². The van der Waals surface area contributed by atoms with Gasteiger partial charge in [0, 0.05) is 13.0 Å². The third-order valence-corrected chi connectivity index (χ3v) is 5.56. The summed E-state index contributed by atoms with van der Waals surface area (Å²) in [6, 6.07) is 18.0. The van der Waals surface area contributed by atoms with Crippen LogP contribution in [0.1, 0.15) is 45.2 Å². The number of hydrogen-bond donors (Lipinski definition) is 1. The Hall–Kier alpha value is -3.35. The fourth-order valence-corrected chi connectivity index (χ4v) is 3.77. The number of benzene rings is 2. The van der Waals surface area contributed by atoms with E-state index in [9.17, 15) is 14.4 Å². The van der Waals surface area contributed by atoms with E-state index in [0.717, 1.165) is 11.1 Å². The van der Waals surface area contributed by atoms with Gasteiger partial charge in [-0.2, -0.15) is 0 Å². The summed E-state index contributed by atoms with van der Waals surface area (Å²) in [5.74, 6) is -0.920. The zero-order valence-corrected chi connectivity index (χ0v) is 19.7.